The first kappa shape index (κ1) is 11.9. The summed E-state index contributed by atoms with van der Waals surface area (Å²) < 4.78 is 18.2. The van der Waals surface area contributed by atoms with Crippen LogP contribution >= 0.6 is 11.6 Å². The minimum absolute atomic E-state index is 0.0202. The Hall–Kier alpha value is -1.55. The van der Waals surface area contributed by atoms with Gasteiger partial charge in [0.15, 0.2) is 0 Å². The van der Waals surface area contributed by atoms with Crippen molar-refractivity contribution in [3.8, 4) is 0 Å². The second-order valence-corrected chi connectivity index (χ2v) is 4.01. The Morgan fingerprint density at radius 3 is 2.88 bits per heavy atom. The van der Waals surface area contributed by atoms with E-state index < -0.39 is 11.8 Å². The molecule has 0 aliphatic heterocycles. The van der Waals surface area contributed by atoms with Gasteiger partial charge in [0.05, 0.1) is 11.6 Å². The van der Waals surface area contributed by atoms with E-state index in [-0.39, 0.29) is 11.6 Å². The number of aromatic amines is 1. The molecule has 1 aromatic heterocycles. The van der Waals surface area contributed by atoms with Crippen molar-refractivity contribution in [2.75, 3.05) is 6.61 Å². The van der Waals surface area contributed by atoms with Crippen LogP contribution in [0.3, 0.4) is 0 Å². The molecule has 1 heterocycles. The quantitative estimate of drug-likeness (QED) is 0.835. The van der Waals surface area contributed by atoms with Crippen LogP contribution in [0, 0.1) is 12.7 Å². The number of aryl methyl sites for hydroxylation is 1. The lowest BCUT2D eigenvalue weighted by Crippen LogP contribution is -2.06. The van der Waals surface area contributed by atoms with Gasteiger partial charge in [-0.2, -0.15) is 0 Å². The van der Waals surface area contributed by atoms with E-state index in [1.165, 1.54) is 6.07 Å². The molecule has 0 unspecified atom stereocenters. The molecule has 0 aliphatic carbocycles. The Labute approximate surface area is 103 Å². The number of aromatic nitrogens is 1. The zero-order chi connectivity index (χ0) is 12.6. The maximum absolute atomic E-state index is 13.3. The first-order valence-corrected chi connectivity index (χ1v) is 5.57. The van der Waals surface area contributed by atoms with Crippen LogP contribution in [0.5, 0.6) is 0 Å². The van der Waals surface area contributed by atoms with Crippen molar-refractivity contribution in [1.29, 1.82) is 0 Å². The molecule has 3 nitrogen and oxygen atoms in total. The van der Waals surface area contributed by atoms with Crippen LogP contribution < -0.4 is 0 Å². The average molecular weight is 256 g/mol. The molecule has 5 heteroatoms. The molecule has 0 amide bonds. The topological polar surface area (TPSA) is 42.1 Å². The molecule has 0 saturated heterocycles. The standard InChI is InChI=1S/C12H11ClFNO2/c1-3-17-12(16)11-6(2)9-8(15-11)5-4-7(14)10(9)13/h4-5,15H,3H2,1-2H3. The number of hydrogen-bond acceptors (Lipinski definition) is 2. The van der Waals surface area contributed by atoms with Crippen LogP contribution in [0.15, 0.2) is 12.1 Å². The van der Waals surface area contributed by atoms with Gasteiger partial charge in [0.2, 0.25) is 0 Å². The molecule has 0 radical (unpaired) electrons. The summed E-state index contributed by atoms with van der Waals surface area (Å²) in [5.41, 5.74) is 1.54. The summed E-state index contributed by atoms with van der Waals surface area (Å²) in [6.45, 7) is 3.72. The number of nitrogens with one attached hydrogen (secondary N) is 1. The lowest BCUT2D eigenvalue weighted by molar-refractivity contribution is 0.0520. The Kier molecular flexibility index (Phi) is 3.07. The third kappa shape index (κ3) is 1.89. The zero-order valence-electron chi connectivity index (χ0n) is 9.43. The molecule has 1 aromatic carbocycles. The SMILES string of the molecule is CCOC(=O)c1[nH]c2ccc(F)c(Cl)c2c1C. The third-order valence-corrected chi connectivity index (χ3v) is 2.95. The highest BCUT2D eigenvalue weighted by atomic mass is 35.5. The highest BCUT2D eigenvalue weighted by Crippen LogP contribution is 2.31. The maximum Gasteiger partial charge on any atom is 0.355 e. The fraction of sp³-hybridized carbons (Fsp3) is 0.250. The number of carbonyl (C=O) groups is 1. The Morgan fingerprint density at radius 1 is 1.53 bits per heavy atom. The van der Waals surface area contributed by atoms with E-state index in [1.54, 1.807) is 19.9 Å². The molecule has 2 aromatic rings. The summed E-state index contributed by atoms with van der Waals surface area (Å²) in [4.78, 5) is 14.5. The number of hydrogen-bond donors (Lipinski definition) is 1. The first-order chi connectivity index (χ1) is 8.06. The van der Waals surface area contributed by atoms with Gasteiger partial charge in [0, 0.05) is 10.9 Å². The molecule has 1 N–H and O–H groups in total. The molecular weight excluding hydrogens is 245 g/mol. The van der Waals surface area contributed by atoms with Gasteiger partial charge in [-0.25, -0.2) is 9.18 Å². The number of halogens is 2. The van der Waals surface area contributed by atoms with E-state index in [0.717, 1.165) is 0 Å². The van der Waals surface area contributed by atoms with Gasteiger partial charge in [-0.05, 0) is 31.5 Å². The van der Waals surface area contributed by atoms with Gasteiger partial charge in [-0.15, -0.1) is 0 Å². The molecular formula is C12H11ClFNO2. The van der Waals surface area contributed by atoms with Gasteiger partial charge in [0.25, 0.3) is 0 Å². The zero-order valence-corrected chi connectivity index (χ0v) is 10.2. The second-order valence-electron chi connectivity index (χ2n) is 3.63. The third-order valence-electron chi connectivity index (χ3n) is 2.58. The minimum Gasteiger partial charge on any atom is -0.461 e. The number of H-pyrrole nitrogens is 1. The molecule has 0 fully saturated rings. The van der Waals surface area contributed by atoms with Gasteiger partial charge in [-0.1, -0.05) is 11.6 Å². The predicted octanol–water partition coefficient (Wildman–Crippen LogP) is 3.45. The fourth-order valence-corrected chi connectivity index (χ4v) is 2.09. The lowest BCUT2D eigenvalue weighted by atomic mass is 10.1. The summed E-state index contributed by atoms with van der Waals surface area (Å²) in [6, 6.07) is 2.81. The van der Waals surface area contributed by atoms with Crippen molar-refractivity contribution in [2.24, 2.45) is 0 Å². The van der Waals surface area contributed by atoms with E-state index in [0.29, 0.717) is 22.2 Å². The van der Waals surface area contributed by atoms with Crippen LogP contribution in [0.1, 0.15) is 23.0 Å². The van der Waals surface area contributed by atoms with Crippen LogP contribution in [0.25, 0.3) is 10.9 Å². The van der Waals surface area contributed by atoms with Crippen molar-refractivity contribution in [1.82, 2.24) is 4.98 Å². The van der Waals surface area contributed by atoms with Crippen LogP contribution in [0.2, 0.25) is 5.02 Å². The summed E-state index contributed by atoms with van der Waals surface area (Å²) in [7, 11) is 0. The van der Waals surface area contributed by atoms with E-state index in [2.05, 4.69) is 4.98 Å². The molecule has 17 heavy (non-hydrogen) atoms. The summed E-state index contributed by atoms with van der Waals surface area (Å²) >= 11 is 5.88. The molecule has 0 atom stereocenters. The number of rotatable bonds is 2. The molecule has 0 spiro atoms. The van der Waals surface area contributed by atoms with Crippen molar-refractivity contribution in [3.63, 3.8) is 0 Å². The Balaban J connectivity index is 2.65. The molecule has 0 aliphatic rings. The number of ether oxygens (including phenoxy) is 1. The highest BCUT2D eigenvalue weighted by molar-refractivity contribution is 6.36. The van der Waals surface area contributed by atoms with Gasteiger partial charge < -0.3 is 9.72 Å². The lowest BCUT2D eigenvalue weighted by Gasteiger charge is -2.00. The normalized spacial score (nSPS) is 10.8. The molecule has 0 bridgehead atoms. The van der Waals surface area contributed by atoms with E-state index >= 15 is 0 Å². The first-order valence-electron chi connectivity index (χ1n) is 5.19. The Morgan fingerprint density at radius 2 is 2.24 bits per heavy atom. The molecule has 90 valence electrons. The number of fused-ring (bicyclic) bond motifs is 1. The molecule has 2 rings (SSSR count). The van der Waals surface area contributed by atoms with Crippen LogP contribution in [0.4, 0.5) is 4.39 Å². The van der Waals surface area contributed by atoms with Gasteiger partial charge in [-0.3, -0.25) is 0 Å². The summed E-state index contributed by atoms with van der Waals surface area (Å²) in [5.74, 6) is -0.964. The minimum atomic E-state index is -0.503. The van der Waals surface area contributed by atoms with Gasteiger partial charge >= 0.3 is 5.97 Å². The van der Waals surface area contributed by atoms with Crippen molar-refractivity contribution in [3.05, 3.63) is 34.2 Å². The van der Waals surface area contributed by atoms with E-state index in [9.17, 15) is 9.18 Å². The number of carbonyl (C=O) groups excluding carboxylic acids is 1. The van der Waals surface area contributed by atoms with Gasteiger partial charge in [0.1, 0.15) is 11.5 Å². The monoisotopic (exact) mass is 255 g/mol. The van der Waals surface area contributed by atoms with Crippen LogP contribution in [-0.2, 0) is 4.74 Å². The predicted molar refractivity (Wildman–Crippen MR) is 64.0 cm³/mol. The van der Waals surface area contributed by atoms with Crippen molar-refractivity contribution < 1.29 is 13.9 Å². The molecule has 0 saturated carbocycles. The fourth-order valence-electron chi connectivity index (χ4n) is 1.78. The van der Waals surface area contributed by atoms with Crippen LogP contribution in [-0.4, -0.2) is 17.6 Å². The number of benzene rings is 1. The highest BCUT2D eigenvalue weighted by Gasteiger charge is 2.18. The average Bonchev–Trinajstić information content (AvgIpc) is 2.62. The van der Waals surface area contributed by atoms with Crippen molar-refractivity contribution in [2.45, 2.75) is 13.8 Å². The van der Waals surface area contributed by atoms with E-state index in [4.69, 9.17) is 16.3 Å². The second kappa shape index (κ2) is 4.37. The largest absolute Gasteiger partial charge is 0.461 e. The maximum atomic E-state index is 13.3. The summed E-state index contributed by atoms with van der Waals surface area (Å²) in [5, 5.41) is 0.543. The Bertz CT molecular complexity index is 592. The van der Waals surface area contributed by atoms with E-state index in [1.807, 2.05) is 0 Å². The smallest absolute Gasteiger partial charge is 0.355 e. The summed E-state index contributed by atoms with van der Waals surface area (Å²) in [6.07, 6.45) is 0. The van der Waals surface area contributed by atoms with Crippen molar-refractivity contribution >= 4 is 28.5 Å². The number of esters is 1.